The molecule has 108 valence electrons. The van der Waals surface area contributed by atoms with Gasteiger partial charge in [-0.2, -0.15) is 4.37 Å². The normalized spacial score (nSPS) is 10.4. The summed E-state index contributed by atoms with van der Waals surface area (Å²) in [5.74, 6) is 0.0624. The molecule has 0 saturated heterocycles. The zero-order valence-corrected chi connectivity index (χ0v) is 12.1. The first-order chi connectivity index (χ1) is 9.72. The maximum atomic E-state index is 11.7. The molecule has 0 aliphatic rings. The monoisotopic (exact) mass is 294 g/mol. The number of imidazole rings is 1. The molecule has 7 nitrogen and oxygen atoms in total. The van der Waals surface area contributed by atoms with Crippen LogP contribution in [0.2, 0.25) is 0 Å². The molecular weight excluding hydrogens is 276 g/mol. The first-order valence-corrected chi connectivity index (χ1v) is 7.16. The molecule has 2 aromatic heterocycles. The second-order valence-corrected chi connectivity index (χ2v) is 5.06. The third kappa shape index (κ3) is 3.47. The van der Waals surface area contributed by atoms with Crippen molar-refractivity contribution in [1.29, 1.82) is 0 Å². The first-order valence-electron chi connectivity index (χ1n) is 6.39. The van der Waals surface area contributed by atoms with Gasteiger partial charge < -0.3 is 20.9 Å². The Bertz CT molecular complexity index is 550. The Morgan fingerprint density at radius 2 is 2.35 bits per heavy atom. The van der Waals surface area contributed by atoms with E-state index in [1.807, 2.05) is 10.8 Å². The van der Waals surface area contributed by atoms with Gasteiger partial charge in [0.05, 0.1) is 6.33 Å². The van der Waals surface area contributed by atoms with E-state index in [1.54, 1.807) is 19.6 Å². The first kappa shape index (κ1) is 14.3. The number of unbranched alkanes of at least 4 members (excludes halogenated alkanes) is 1. The predicted molar refractivity (Wildman–Crippen MR) is 79.9 cm³/mol. The summed E-state index contributed by atoms with van der Waals surface area (Å²) in [6, 6.07) is 0. The van der Waals surface area contributed by atoms with Crippen LogP contribution in [0.3, 0.4) is 0 Å². The minimum atomic E-state index is -0.211. The molecule has 0 aliphatic heterocycles. The maximum Gasteiger partial charge on any atom is 0.257 e. The van der Waals surface area contributed by atoms with Gasteiger partial charge in [-0.3, -0.25) is 4.79 Å². The van der Waals surface area contributed by atoms with E-state index in [9.17, 15) is 4.79 Å². The molecule has 0 aromatic carbocycles. The number of nitrogens with zero attached hydrogens (tertiary/aromatic N) is 3. The molecule has 2 aromatic rings. The summed E-state index contributed by atoms with van der Waals surface area (Å²) < 4.78 is 6.05. The van der Waals surface area contributed by atoms with Crippen molar-refractivity contribution in [1.82, 2.24) is 19.2 Å². The fourth-order valence-electron chi connectivity index (χ4n) is 1.81. The van der Waals surface area contributed by atoms with Gasteiger partial charge in [0.15, 0.2) is 5.82 Å². The van der Waals surface area contributed by atoms with Gasteiger partial charge in [0.25, 0.3) is 5.91 Å². The lowest BCUT2D eigenvalue weighted by molar-refractivity contribution is 0.0965. The molecule has 0 bridgehead atoms. The molecule has 0 fully saturated rings. The van der Waals surface area contributed by atoms with E-state index in [4.69, 9.17) is 5.73 Å². The average Bonchev–Trinajstić information content (AvgIpc) is 3.08. The van der Waals surface area contributed by atoms with Gasteiger partial charge in [0.2, 0.25) is 0 Å². The van der Waals surface area contributed by atoms with Crippen LogP contribution >= 0.6 is 11.5 Å². The van der Waals surface area contributed by atoms with E-state index in [0.29, 0.717) is 5.56 Å². The van der Waals surface area contributed by atoms with Crippen molar-refractivity contribution >= 4 is 28.3 Å². The highest BCUT2D eigenvalue weighted by atomic mass is 32.1. The number of aryl methyl sites for hydroxylation is 1. The van der Waals surface area contributed by atoms with Crippen LogP contribution in [0.4, 0.5) is 10.8 Å². The molecule has 0 unspecified atom stereocenters. The number of carbonyl (C=O) groups excluding carboxylic acids is 1. The van der Waals surface area contributed by atoms with Crippen LogP contribution in [0.5, 0.6) is 0 Å². The number of anilines is 2. The Labute approximate surface area is 121 Å². The number of hydrogen-bond donors (Lipinski definition) is 3. The van der Waals surface area contributed by atoms with Crippen LogP contribution in [-0.2, 0) is 6.54 Å². The van der Waals surface area contributed by atoms with Gasteiger partial charge in [-0.25, -0.2) is 4.98 Å². The lowest BCUT2D eigenvalue weighted by Gasteiger charge is -2.06. The fraction of sp³-hybridized carbons (Fsp3) is 0.417. The Balaban J connectivity index is 1.78. The summed E-state index contributed by atoms with van der Waals surface area (Å²) in [6.07, 6.45) is 7.55. The molecule has 0 radical (unpaired) electrons. The SMILES string of the molecule is CNC(=O)c1c(N)nsc1NCCCCn1ccnc1. The van der Waals surface area contributed by atoms with E-state index >= 15 is 0 Å². The van der Waals surface area contributed by atoms with Gasteiger partial charge in [-0.1, -0.05) is 0 Å². The van der Waals surface area contributed by atoms with Crippen LogP contribution in [0.1, 0.15) is 23.2 Å². The molecule has 8 heteroatoms. The van der Waals surface area contributed by atoms with E-state index in [-0.39, 0.29) is 11.7 Å². The quantitative estimate of drug-likeness (QED) is 0.666. The average molecular weight is 294 g/mol. The van der Waals surface area contributed by atoms with Crippen LogP contribution in [0, 0.1) is 0 Å². The van der Waals surface area contributed by atoms with Crippen molar-refractivity contribution in [2.24, 2.45) is 0 Å². The zero-order chi connectivity index (χ0) is 14.4. The predicted octanol–water partition coefficient (Wildman–Crippen LogP) is 1.17. The molecule has 20 heavy (non-hydrogen) atoms. The minimum absolute atomic E-state index is 0.211. The lowest BCUT2D eigenvalue weighted by atomic mass is 10.2. The summed E-state index contributed by atoms with van der Waals surface area (Å²) in [5, 5.41) is 6.51. The molecule has 0 aliphatic carbocycles. The third-order valence-corrected chi connectivity index (χ3v) is 3.68. The number of hydrogen-bond acceptors (Lipinski definition) is 6. The molecule has 0 saturated carbocycles. The number of rotatable bonds is 7. The molecule has 1 amide bonds. The highest BCUT2D eigenvalue weighted by molar-refractivity contribution is 7.11. The smallest absolute Gasteiger partial charge is 0.257 e. The Kier molecular flexibility index (Phi) is 4.94. The Morgan fingerprint density at radius 1 is 1.50 bits per heavy atom. The topological polar surface area (TPSA) is 97.9 Å². The summed E-state index contributed by atoms with van der Waals surface area (Å²) in [6.45, 7) is 1.72. The van der Waals surface area contributed by atoms with Gasteiger partial charge in [-0.15, -0.1) is 0 Å². The summed E-state index contributed by atoms with van der Waals surface area (Å²) in [4.78, 5) is 15.7. The number of aromatic nitrogens is 3. The van der Waals surface area contributed by atoms with Crippen molar-refractivity contribution in [3.05, 3.63) is 24.3 Å². The molecule has 2 rings (SSSR count). The van der Waals surface area contributed by atoms with E-state index in [2.05, 4.69) is 20.0 Å². The van der Waals surface area contributed by atoms with Gasteiger partial charge in [-0.05, 0) is 24.4 Å². The van der Waals surface area contributed by atoms with Crippen molar-refractivity contribution in [3.8, 4) is 0 Å². The third-order valence-electron chi connectivity index (χ3n) is 2.86. The number of nitrogen functional groups attached to an aromatic ring is 1. The van der Waals surface area contributed by atoms with Crippen LogP contribution in [0.25, 0.3) is 0 Å². The summed E-state index contributed by atoms with van der Waals surface area (Å²) in [7, 11) is 1.58. The Morgan fingerprint density at radius 3 is 3.05 bits per heavy atom. The van der Waals surface area contributed by atoms with Crippen LogP contribution in [-0.4, -0.2) is 33.4 Å². The van der Waals surface area contributed by atoms with Gasteiger partial charge in [0.1, 0.15) is 10.6 Å². The number of nitrogens with two attached hydrogens (primary N) is 1. The van der Waals surface area contributed by atoms with Crippen LogP contribution < -0.4 is 16.4 Å². The second kappa shape index (κ2) is 6.90. The fourth-order valence-corrected chi connectivity index (χ4v) is 2.54. The van der Waals surface area contributed by atoms with E-state index in [0.717, 1.165) is 30.9 Å². The molecule has 0 atom stereocenters. The van der Waals surface area contributed by atoms with Gasteiger partial charge >= 0.3 is 0 Å². The number of nitrogens with one attached hydrogen (secondary N) is 2. The summed E-state index contributed by atoms with van der Waals surface area (Å²) >= 11 is 1.21. The highest BCUT2D eigenvalue weighted by Gasteiger charge is 2.17. The van der Waals surface area contributed by atoms with Crippen molar-refractivity contribution in [3.63, 3.8) is 0 Å². The van der Waals surface area contributed by atoms with Gasteiger partial charge in [0, 0.05) is 32.5 Å². The molecular formula is C12H18N6OS. The Hall–Kier alpha value is -2.09. The molecule has 4 N–H and O–H groups in total. The minimum Gasteiger partial charge on any atom is -0.382 e. The largest absolute Gasteiger partial charge is 0.382 e. The summed E-state index contributed by atoms with van der Waals surface area (Å²) in [5.41, 5.74) is 6.14. The highest BCUT2D eigenvalue weighted by Crippen LogP contribution is 2.26. The lowest BCUT2D eigenvalue weighted by Crippen LogP contribution is -2.20. The van der Waals surface area contributed by atoms with Crippen molar-refractivity contribution in [2.75, 3.05) is 24.6 Å². The van der Waals surface area contributed by atoms with E-state index < -0.39 is 0 Å². The van der Waals surface area contributed by atoms with Crippen molar-refractivity contribution < 1.29 is 4.79 Å². The van der Waals surface area contributed by atoms with E-state index in [1.165, 1.54) is 11.5 Å². The zero-order valence-electron chi connectivity index (χ0n) is 11.3. The number of amides is 1. The molecule has 0 spiro atoms. The standard InChI is InChI=1S/C12H18N6OS/c1-14-11(19)9-10(13)17-20-12(9)16-4-2-3-6-18-7-5-15-8-18/h5,7-8,16H,2-4,6H2,1H3,(H2,13,17)(H,14,19). The van der Waals surface area contributed by atoms with Crippen LogP contribution in [0.15, 0.2) is 18.7 Å². The maximum absolute atomic E-state index is 11.7. The molecule has 2 heterocycles. The van der Waals surface area contributed by atoms with Crippen molar-refractivity contribution in [2.45, 2.75) is 19.4 Å². The number of carbonyl (C=O) groups is 1. The second-order valence-electron chi connectivity index (χ2n) is 4.29.